The Morgan fingerprint density at radius 2 is 1.58 bits per heavy atom. The van der Waals surface area contributed by atoms with Crippen LogP contribution in [0.15, 0.2) is 66.0 Å². The predicted octanol–water partition coefficient (Wildman–Crippen LogP) is 4.78. The second-order valence-electron chi connectivity index (χ2n) is 5.26. The van der Waals surface area contributed by atoms with E-state index in [9.17, 15) is 8.78 Å². The first-order chi connectivity index (χ1) is 11.7. The molecule has 0 bridgehead atoms. The van der Waals surface area contributed by atoms with E-state index in [-0.39, 0.29) is 17.7 Å². The highest BCUT2D eigenvalue weighted by Gasteiger charge is 2.14. The number of hydrogen-bond acceptors (Lipinski definition) is 3. The van der Waals surface area contributed by atoms with Gasteiger partial charge in [-0.2, -0.15) is 0 Å². The average molecular weight is 345 g/mol. The minimum absolute atomic E-state index is 0.0117. The highest BCUT2D eigenvalue weighted by atomic mass is 32.1. The second-order valence-corrected chi connectivity index (χ2v) is 6.24. The van der Waals surface area contributed by atoms with Crippen LogP contribution in [0.5, 0.6) is 5.75 Å². The van der Waals surface area contributed by atoms with E-state index in [0.29, 0.717) is 18.9 Å². The van der Waals surface area contributed by atoms with E-state index in [2.05, 4.69) is 5.32 Å². The van der Waals surface area contributed by atoms with Gasteiger partial charge < -0.3 is 10.1 Å². The van der Waals surface area contributed by atoms with E-state index < -0.39 is 0 Å². The van der Waals surface area contributed by atoms with Crippen molar-refractivity contribution in [3.63, 3.8) is 0 Å². The van der Waals surface area contributed by atoms with Crippen molar-refractivity contribution in [3.05, 3.63) is 88.1 Å². The van der Waals surface area contributed by atoms with Gasteiger partial charge in [-0.05, 0) is 53.4 Å². The van der Waals surface area contributed by atoms with Crippen molar-refractivity contribution in [2.45, 2.75) is 6.04 Å². The molecule has 0 spiro atoms. The lowest BCUT2D eigenvalue weighted by atomic mass is 10.1. The average Bonchev–Trinajstić information content (AvgIpc) is 3.12. The number of nitrogens with one attached hydrogen (secondary N) is 1. The largest absolute Gasteiger partial charge is 0.492 e. The molecule has 0 aliphatic heterocycles. The smallest absolute Gasteiger partial charge is 0.123 e. The first-order valence-corrected chi connectivity index (χ1v) is 8.51. The van der Waals surface area contributed by atoms with Crippen molar-refractivity contribution in [1.82, 2.24) is 5.32 Å². The predicted molar refractivity (Wildman–Crippen MR) is 92.5 cm³/mol. The number of ether oxygens (including phenoxy) is 1. The Hall–Kier alpha value is -2.24. The molecule has 5 heteroatoms. The zero-order valence-corrected chi connectivity index (χ0v) is 13.7. The molecule has 3 rings (SSSR count). The molecule has 1 atom stereocenters. The zero-order valence-electron chi connectivity index (χ0n) is 12.9. The summed E-state index contributed by atoms with van der Waals surface area (Å²) in [5.74, 6) is 0.102. The quantitative estimate of drug-likeness (QED) is 0.622. The van der Waals surface area contributed by atoms with Crippen LogP contribution in [-0.4, -0.2) is 13.2 Å². The van der Waals surface area contributed by atoms with Gasteiger partial charge in [-0.15, -0.1) is 11.3 Å². The van der Waals surface area contributed by atoms with Gasteiger partial charge in [-0.3, -0.25) is 0 Å². The third-order valence-electron chi connectivity index (χ3n) is 3.56. The van der Waals surface area contributed by atoms with Crippen LogP contribution in [-0.2, 0) is 0 Å². The van der Waals surface area contributed by atoms with Crippen LogP contribution >= 0.6 is 11.3 Å². The molecule has 24 heavy (non-hydrogen) atoms. The molecule has 0 radical (unpaired) electrons. The Balaban J connectivity index is 1.60. The van der Waals surface area contributed by atoms with E-state index in [4.69, 9.17) is 4.74 Å². The minimum Gasteiger partial charge on any atom is -0.492 e. The third kappa shape index (κ3) is 4.40. The zero-order chi connectivity index (χ0) is 16.8. The second kappa shape index (κ2) is 8.04. The van der Waals surface area contributed by atoms with Crippen LogP contribution in [0.2, 0.25) is 0 Å². The van der Waals surface area contributed by atoms with E-state index in [1.807, 2.05) is 17.5 Å². The molecule has 2 aromatic carbocycles. The fourth-order valence-electron chi connectivity index (χ4n) is 2.40. The number of rotatable bonds is 7. The summed E-state index contributed by atoms with van der Waals surface area (Å²) in [5.41, 5.74) is 1.00. The summed E-state index contributed by atoms with van der Waals surface area (Å²) in [6.07, 6.45) is 0. The van der Waals surface area contributed by atoms with Gasteiger partial charge in [0.15, 0.2) is 0 Å². The molecule has 0 saturated heterocycles. The van der Waals surface area contributed by atoms with Crippen molar-refractivity contribution in [1.29, 1.82) is 0 Å². The Bertz CT molecular complexity index is 742. The van der Waals surface area contributed by atoms with Gasteiger partial charge >= 0.3 is 0 Å². The van der Waals surface area contributed by atoms with Gasteiger partial charge in [0, 0.05) is 11.4 Å². The number of halogens is 2. The Morgan fingerprint density at radius 1 is 0.917 bits per heavy atom. The lowest BCUT2D eigenvalue weighted by Gasteiger charge is -2.18. The fourth-order valence-corrected chi connectivity index (χ4v) is 3.22. The van der Waals surface area contributed by atoms with E-state index in [0.717, 1.165) is 10.4 Å². The number of benzene rings is 2. The summed E-state index contributed by atoms with van der Waals surface area (Å²) < 4.78 is 31.6. The van der Waals surface area contributed by atoms with Crippen molar-refractivity contribution < 1.29 is 13.5 Å². The normalized spacial score (nSPS) is 12.1. The molecule has 0 fully saturated rings. The topological polar surface area (TPSA) is 21.3 Å². The summed E-state index contributed by atoms with van der Waals surface area (Å²) in [7, 11) is 0. The van der Waals surface area contributed by atoms with Gasteiger partial charge in [0.25, 0.3) is 0 Å². The highest BCUT2D eigenvalue weighted by Crippen LogP contribution is 2.26. The van der Waals surface area contributed by atoms with Gasteiger partial charge in [-0.1, -0.05) is 18.2 Å². The molecule has 3 aromatic rings. The molecule has 124 valence electrons. The van der Waals surface area contributed by atoms with Gasteiger partial charge in [0.05, 0.1) is 6.04 Å². The number of hydrogen-bond donors (Lipinski definition) is 1. The molecule has 2 nitrogen and oxygen atoms in total. The summed E-state index contributed by atoms with van der Waals surface area (Å²) in [4.78, 5) is 1.16. The van der Waals surface area contributed by atoms with Crippen LogP contribution in [0.3, 0.4) is 0 Å². The Morgan fingerprint density at radius 3 is 2.21 bits per heavy atom. The fraction of sp³-hybridized carbons (Fsp3) is 0.158. The van der Waals surface area contributed by atoms with Gasteiger partial charge in [0.1, 0.15) is 24.0 Å². The van der Waals surface area contributed by atoms with E-state index in [1.165, 1.54) is 24.3 Å². The van der Waals surface area contributed by atoms with Crippen LogP contribution in [0.4, 0.5) is 8.78 Å². The molecule has 0 aliphatic rings. The summed E-state index contributed by atoms with van der Waals surface area (Å²) in [6.45, 7) is 1.06. The van der Waals surface area contributed by atoms with Crippen LogP contribution < -0.4 is 10.1 Å². The number of thiophene rings is 1. The molecule has 0 aliphatic carbocycles. The maximum Gasteiger partial charge on any atom is 0.123 e. The molecule has 1 heterocycles. The first-order valence-electron chi connectivity index (χ1n) is 7.63. The van der Waals surface area contributed by atoms with E-state index >= 15 is 0 Å². The molecule has 1 N–H and O–H groups in total. The van der Waals surface area contributed by atoms with E-state index in [1.54, 1.807) is 35.6 Å². The SMILES string of the molecule is Fc1ccc(OCCNC(c2ccc(F)cc2)c2cccs2)cc1. The maximum atomic E-state index is 13.2. The standard InChI is InChI=1S/C19H17F2NOS/c20-15-5-3-14(4-6-15)19(18-2-1-13-24-18)22-11-12-23-17-9-7-16(21)8-10-17/h1-10,13,19,22H,11-12H2. The maximum absolute atomic E-state index is 13.2. The molecule has 1 unspecified atom stereocenters. The van der Waals surface area contributed by atoms with Crippen molar-refractivity contribution in [2.24, 2.45) is 0 Å². The summed E-state index contributed by atoms with van der Waals surface area (Å²) in [6, 6.07) is 16.5. The van der Waals surface area contributed by atoms with Crippen LogP contribution in [0.25, 0.3) is 0 Å². The van der Waals surface area contributed by atoms with Gasteiger partial charge in [-0.25, -0.2) is 8.78 Å². The summed E-state index contributed by atoms with van der Waals surface area (Å²) >= 11 is 1.65. The Labute approximate surface area is 143 Å². The first kappa shape index (κ1) is 16.6. The minimum atomic E-state index is -0.283. The molecule has 1 aromatic heterocycles. The van der Waals surface area contributed by atoms with Crippen molar-refractivity contribution in [2.75, 3.05) is 13.2 Å². The lowest BCUT2D eigenvalue weighted by molar-refractivity contribution is 0.309. The van der Waals surface area contributed by atoms with Crippen molar-refractivity contribution in [3.8, 4) is 5.75 Å². The highest BCUT2D eigenvalue weighted by molar-refractivity contribution is 7.10. The van der Waals surface area contributed by atoms with Crippen LogP contribution in [0.1, 0.15) is 16.5 Å². The third-order valence-corrected chi connectivity index (χ3v) is 4.50. The van der Waals surface area contributed by atoms with Gasteiger partial charge in [0.2, 0.25) is 0 Å². The molecule has 0 amide bonds. The van der Waals surface area contributed by atoms with Crippen LogP contribution in [0, 0.1) is 11.6 Å². The Kier molecular flexibility index (Phi) is 5.56. The molecular formula is C19H17F2NOS. The van der Waals surface area contributed by atoms with Crippen molar-refractivity contribution >= 4 is 11.3 Å². The lowest BCUT2D eigenvalue weighted by Crippen LogP contribution is -2.26. The monoisotopic (exact) mass is 345 g/mol. The molecule has 0 saturated carbocycles. The molecular weight excluding hydrogens is 328 g/mol. The summed E-state index contributed by atoms with van der Waals surface area (Å²) in [5, 5.41) is 5.44.